The average Bonchev–Trinajstić information content (AvgIpc) is 3.15. The van der Waals surface area contributed by atoms with Crippen LogP contribution in [0.15, 0.2) is 56.0 Å². The lowest BCUT2D eigenvalue weighted by molar-refractivity contribution is 0.101. The fourth-order valence-electron chi connectivity index (χ4n) is 2.97. The van der Waals surface area contributed by atoms with Gasteiger partial charge in [-0.25, -0.2) is 0 Å². The van der Waals surface area contributed by atoms with E-state index in [0.29, 0.717) is 45.6 Å². The molecule has 0 radical (unpaired) electrons. The Hall–Kier alpha value is -2.18. The normalized spacial score (nSPS) is 18.1. The molecular formula is C20H16O4S2. The summed E-state index contributed by atoms with van der Waals surface area (Å²) in [6.45, 7) is 4.77. The van der Waals surface area contributed by atoms with E-state index < -0.39 is 0 Å². The summed E-state index contributed by atoms with van der Waals surface area (Å²) in [6, 6.07) is 11.0. The number of carbonyl (C=O) groups is 2. The molecule has 0 unspecified atom stereocenters. The average molecular weight is 384 g/mol. The molecule has 0 saturated heterocycles. The van der Waals surface area contributed by atoms with Gasteiger partial charge in [0.15, 0.2) is 11.5 Å². The minimum Gasteiger partial charge on any atom is -0.490 e. The van der Waals surface area contributed by atoms with E-state index in [1.807, 2.05) is 32.0 Å². The van der Waals surface area contributed by atoms with Crippen molar-refractivity contribution in [1.29, 1.82) is 0 Å². The summed E-state index contributed by atoms with van der Waals surface area (Å²) in [4.78, 5) is 28.3. The molecule has 6 heteroatoms. The fourth-order valence-corrected chi connectivity index (χ4v) is 5.36. The first-order valence-electron chi connectivity index (χ1n) is 8.36. The molecule has 0 bridgehead atoms. The van der Waals surface area contributed by atoms with Gasteiger partial charge in [0.05, 0.1) is 27.9 Å². The van der Waals surface area contributed by atoms with Gasteiger partial charge in [0.25, 0.3) is 0 Å². The van der Waals surface area contributed by atoms with Crippen molar-refractivity contribution in [2.75, 3.05) is 13.2 Å². The number of allylic oxidation sites excluding steroid dienone is 2. The lowest BCUT2D eigenvalue weighted by atomic mass is 10.1. The van der Waals surface area contributed by atoms with Crippen LogP contribution in [0.2, 0.25) is 0 Å². The van der Waals surface area contributed by atoms with Crippen molar-refractivity contribution in [3.05, 3.63) is 57.3 Å². The molecule has 4 nitrogen and oxygen atoms in total. The molecule has 0 saturated carbocycles. The summed E-state index contributed by atoms with van der Waals surface area (Å²) in [7, 11) is 0. The number of hydrogen-bond donors (Lipinski definition) is 0. The van der Waals surface area contributed by atoms with Crippen LogP contribution in [0.25, 0.3) is 0 Å². The number of hydrogen-bond acceptors (Lipinski definition) is 6. The van der Waals surface area contributed by atoms with Gasteiger partial charge in [-0.3, -0.25) is 9.59 Å². The minimum atomic E-state index is -0.127. The van der Waals surface area contributed by atoms with E-state index in [2.05, 4.69) is 0 Å². The van der Waals surface area contributed by atoms with E-state index in [1.165, 1.54) is 23.5 Å². The fraction of sp³-hybridized carbons (Fsp3) is 0.200. The Labute approximate surface area is 160 Å². The Bertz CT molecular complexity index is 962. The third-order valence-corrected chi connectivity index (χ3v) is 6.58. The van der Waals surface area contributed by atoms with Gasteiger partial charge in [-0.2, -0.15) is 0 Å². The lowest BCUT2D eigenvalue weighted by Crippen LogP contribution is -2.03. The van der Waals surface area contributed by atoms with Crippen LogP contribution in [0.3, 0.4) is 0 Å². The third kappa shape index (κ3) is 2.64. The quantitative estimate of drug-likeness (QED) is 0.694. The molecule has 2 aromatic carbocycles. The molecule has 0 aliphatic carbocycles. The second-order valence-electron chi connectivity index (χ2n) is 5.65. The molecule has 2 aliphatic heterocycles. The number of carbonyl (C=O) groups excluding carboxylic acids is 2. The summed E-state index contributed by atoms with van der Waals surface area (Å²) in [5.41, 5.74) is 1.22. The highest BCUT2D eigenvalue weighted by molar-refractivity contribution is 8.08. The molecule has 0 atom stereocenters. The third-order valence-electron chi connectivity index (χ3n) is 4.08. The zero-order valence-electron chi connectivity index (χ0n) is 14.3. The zero-order valence-corrected chi connectivity index (χ0v) is 16.0. The Morgan fingerprint density at radius 1 is 0.808 bits per heavy atom. The highest BCUT2D eigenvalue weighted by atomic mass is 32.2. The van der Waals surface area contributed by atoms with Crippen molar-refractivity contribution < 1.29 is 19.1 Å². The summed E-state index contributed by atoms with van der Waals surface area (Å²) in [5.74, 6) is 0.983. The number of ketones is 2. The summed E-state index contributed by atoms with van der Waals surface area (Å²) in [5, 5.41) is 0. The van der Waals surface area contributed by atoms with Crippen LogP contribution < -0.4 is 9.47 Å². The van der Waals surface area contributed by atoms with Crippen LogP contribution in [0.4, 0.5) is 0 Å². The maximum absolute atomic E-state index is 13.0. The SMILES string of the molecule is CCOc1ccc2c(c1OCC)SC(=C1Sc3ccccc3C1=O)C2=O. The molecule has 2 heterocycles. The molecule has 0 aromatic heterocycles. The van der Waals surface area contributed by atoms with Crippen LogP contribution in [0.1, 0.15) is 34.6 Å². The lowest BCUT2D eigenvalue weighted by Gasteiger charge is -2.13. The predicted octanol–water partition coefficient (Wildman–Crippen LogP) is 4.97. The van der Waals surface area contributed by atoms with E-state index in [9.17, 15) is 9.59 Å². The Kier molecular flexibility index (Phi) is 4.54. The molecule has 132 valence electrons. The first-order valence-corrected chi connectivity index (χ1v) is 10.00. The van der Waals surface area contributed by atoms with E-state index in [4.69, 9.17) is 9.47 Å². The predicted molar refractivity (Wildman–Crippen MR) is 103 cm³/mol. The number of benzene rings is 2. The van der Waals surface area contributed by atoms with Gasteiger partial charge in [-0.05, 0) is 38.1 Å². The van der Waals surface area contributed by atoms with Crippen LogP contribution in [-0.4, -0.2) is 24.8 Å². The molecule has 0 spiro atoms. The number of fused-ring (bicyclic) bond motifs is 2. The summed E-state index contributed by atoms with van der Waals surface area (Å²) >= 11 is 2.67. The molecule has 0 N–H and O–H groups in total. The molecule has 2 aromatic rings. The monoisotopic (exact) mass is 384 g/mol. The van der Waals surface area contributed by atoms with Crippen LogP contribution in [0.5, 0.6) is 11.5 Å². The van der Waals surface area contributed by atoms with Gasteiger partial charge in [-0.1, -0.05) is 35.7 Å². The molecule has 4 rings (SSSR count). The number of rotatable bonds is 4. The van der Waals surface area contributed by atoms with Gasteiger partial charge in [0.1, 0.15) is 0 Å². The standard InChI is InChI=1S/C20H16O4S2/c1-3-23-13-10-9-12-16(22)20(26-18(12)17(13)24-4-2)19-15(21)11-7-5-6-8-14(11)25-19/h5-10H,3-4H2,1-2H3. The largest absolute Gasteiger partial charge is 0.490 e. The topological polar surface area (TPSA) is 52.6 Å². The molecule has 2 aliphatic rings. The highest BCUT2D eigenvalue weighted by Crippen LogP contribution is 2.53. The second-order valence-corrected chi connectivity index (χ2v) is 7.73. The molecule has 0 fully saturated rings. The second kappa shape index (κ2) is 6.85. The first kappa shape index (κ1) is 17.2. The summed E-state index contributed by atoms with van der Waals surface area (Å²) < 4.78 is 11.4. The Balaban J connectivity index is 1.80. The van der Waals surface area contributed by atoms with Crippen molar-refractivity contribution in [3.63, 3.8) is 0 Å². The first-order chi connectivity index (χ1) is 12.7. The van der Waals surface area contributed by atoms with Gasteiger partial charge >= 0.3 is 0 Å². The summed E-state index contributed by atoms with van der Waals surface area (Å²) in [6.07, 6.45) is 0. The van der Waals surface area contributed by atoms with Crippen LogP contribution >= 0.6 is 23.5 Å². The van der Waals surface area contributed by atoms with Crippen molar-refractivity contribution >= 4 is 35.1 Å². The maximum Gasteiger partial charge on any atom is 0.202 e. The van der Waals surface area contributed by atoms with Crippen molar-refractivity contribution in [3.8, 4) is 11.5 Å². The molecule has 0 amide bonds. The minimum absolute atomic E-state index is 0.0859. The molecular weight excluding hydrogens is 368 g/mol. The van der Waals surface area contributed by atoms with Crippen molar-refractivity contribution in [2.24, 2.45) is 0 Å². The zero-order chi connectivity index (χ0) is 18.3. The van der Waals surface area contributed by atoms with Crippen molar-refractivity contribution in [2.45, 2.75) is 23.6 Å². The molecule has 26 heavy (non-hydrogen) atoms. The number of Topliss-reactive ketones (excluding diaryl/α,β-unsaturated/α-hetero) is 2. The maximum atomic E-state index is 13.0. The Morgan fingerprint density at radius 3 is 2.23 bits per heavy atom. The van der Waals surface area contributed by atoms with E-state index >= 15 is 0 Å². The van der Waals surface area contributed by atoms with Gasteiger partial charge in [0, 0.05) is 16.0 Å². The van der Waals surface area contributed by atoms with Crippen LogP contribution in [-0.2, 0) is 0 Å². The van der Waals surface area contributed by atoms with E-state index in [0.717, 1.165) is 9.79 Å². The van der Waals surface area contributed by atoms with Gasteiger partial charge in [0.2, 0.25) is 11.6 Å². The van der Waals surface area contributed by atoms with Crippen LogP contribution in [0, 0.1) is 0 Å². The van der Waals surface area contributed by atoms with Gasteiger partial charge < -0.3 is 9.47 Å². The number of thioether (sulfide) groups is 2. The van der Waals surface area contributed by atoms with Crippen molar-refractivity contribution in [1.82, 2.24) is 0 Å². The van der Waals surface area contributed by atoms with Gasteiger partial charge in [-0.15, -0.1) is 0 Å². The Morgan fingerprint density at radius 2 is 1.50 bits per heavy atom. The number of ether oxygens (including phenoxy) is 2. The van der Waals surface area contributed by atoms with E-state index in [1.54, 1.807) is 18.2 Å². The highest BCUT2D eigenvalue weighted by Gasteiger charge is 2.38. The van der Waals surface area contributed by atoms with E-state index in [-0.39, 0.29) is 11.6 Å². The smallest absolute Gasteiger partial charge is 0.202 e.